The minimum Gasteiger partial charge on any atom is -0.465 e. The minimum absolute atomic E-state index is 0.0724. The van der Waals surface area contributed by atoms with Crippen molar-refractivity contribution in [3.05, 3.63) is 51.0 Å². The Morgan fingerprint density at radius 3 is 2.67 bits per heavy atom. The number of nitrogens with two attached hydrogens (primary N) is 1. The van der Waals surface area contributed by atoms with Crippen LogP contribution in [-0.2, 0) is 28.2 Å². The second-order valence-corrected chi connectivity index (χ2v) is 13.0. The Kier molecular flexibility index (Phi) is 10.1. The van der Waals surface area contributed by atoms with E-state index in [0.717, 1.165) is 16.5 Å². The normalized spacial score (nSPS) is 19.9. The zero-order valence-corrected chi connectivity index (χ0v) is 26.6. The average Bonchev–Trinajstić information content (AvgIpc) is 3.47. The smallest absolute Gasteiger partial charge is 0.459 e. The summed E-state index contributed by atoms with van der Waals surface area (Å²) in [5, 5.41) is 2.69. The van der Waals surface area contributed by atoms with Crippen LogP contribution < -0.4 is 20.9 Å². The molecule has 2 heterocycles. The maximum Gasteiger partial charge on any atom is 0.459 e. The number of esters is 2. The standard InChI is InChI=1S/C27H34BrN6O8P/c1-5-6-16(2)41-25(37)17(3)33-43(38,42-21-9-7-20(28)8-10-21)40-14-27(13-39-18(4)35)11-19(27)12-34-15-30-22-23(34)31-26(29)32-24(22)36/h7-10,12,15-17H,5-6,11,13-14H2,1-4H3,(H,33,38)(H3,29,31,32,36)/b19-12-/t16?,17?,27-,43+/m1/s1. The van der Waals surface area contributed by atoms with E-state index >= 15 is 0 Å². The lowest BCUT2D eigenvalue weighted by molar-refractivity contribution is -0.150. The Bertz CT molecular complexity index is 1620. The second-order valence-electron chi connectivity index (χ2n) is 10.4. The summed E-state index contributed by atoms with van der Waals surface area (Å²) in [6, 6.07) is 5.56. The number of aromatic nitrogens is 4. The number of carbonyl (C=O) groups excluding carboxylic acids is 2. The van der Waals surface area contributed by atoms with Crippen molar-refractivity contribution < 1.29 is 32.7 Å². The third-order valence-electron chi connectivity index (χ3n) is 6.65. The molecule has 0 saturated heterocycles. The summed E-state index contributed by atoms with van der Waals surface area (Å²) in [6.07, 6.45) is 4.67. The molecular formula is C27H34BrN6O8P. The highest BCUT2D eigenvalue weighted by molar-refractivity contribution is 9.10. The van der Waals surface area contributed by atoms with E-state index in [1.54, 1.807) is 37.4 Å². The van der Waals surface area contributed by atoms with Gasteiger partial charge in [0.15, 0.2) is 11.2 Å². The van der Waals surface area contributed by atoms with E-state index in [2.05, 4.69) is 36.0 Å². The number of carbonyl (C=O) groups is 2. The van der Waals surface area contributed by atoms with Gasteiger partial charge in [-0.2, -0.15) is 10.1 Å². The lowest BCUT2D eigenvalue weighted by Crippen LogP contribution is -2.37. The first-order chi connectivity index (χ1) is 20.3. The molecule has 0 amide bonds. The van der Waals surface area contributed by atoms with Gasteiger partial charge in [-0.15, -0.1) is 0 Å². The molecule has 14 nitrogen and oxygen atoms in total. The zero-order chi connectivity index (χ0) is 31.4. The maximum atomic E-state index is 14.1. The maximum absolute atomic E-state index is 14.1. The number of fused-ring (bicyclic) bond motifs is 1. The number of ether oxygens (including phenoxy) is 2. The van der Waals surface area contributed by atoms with Gasteiger partial charge >= 0.3 is 19.7 Å². The number of nitrogen functional groups attached to an aromatic ring is 1. The molecule has 0 bridgehead atoms. The predicted octanol–water partition coefficient (Wildman–Crippen LogP) is 4.17. The molecule has 0 spiro atoms. The molecule has 1 aromatic carbocycles. The lowest BCUT2D eigenvalue weighted by atomic mass is 10.1. The van der Waals surface area contributed by atoms with Gasteiger partial charge in [0.2, 0.25) is 5.95 Å². The number of nitrogens with zero attached hydrogens (tertiary/aromatic N) is 3. The predicted molar refractivity (Wildman–Crippen MR) is 162 cm³/mol. The molecule has 4 atom stereocenters. The van der Waals surface area contributed by atoms with Crippen LogP contribution in [0.4, 0.5) is 5.95 Å². The first kappa shape index (κ1) is 32.4. The highest BCUT2D eigenvalue weighted by atomic mass is 79.9. The first-order valence-electron chi connectivity index (χ1n) is 13.6. The van der Waals surface area contributed by atoms with Crippen molar-refractivity contribution in [2.24, 2.45) is 5.41 Å². The fraction of sp³-hybridized carbons (Fsp3) is 0.444. The quantitative estimate of drug-likeness (QED) is 0.163. The van der Waals surface area contributed by atoms with E-state index in [9.17, 15) is 18.9 Å². The molecule has 232 valence electrons. The SMILES string of the molecule is CCCC(C)OC(=O)C(C)N[P@](=O)(OC[C@]1(COC(C)=O)C/C1=C/n1cnc2c(=O)[nH]c(N)nc21)Oc1ccc(Br)cc1. The van der Waals surface area contributed by atoms with Gasteiger partial charge in [0, 0.05) is 17.6 Å². The number of benzene rings is 1. The summed E-state index contributed by atoms with van der Waals surface area (Å²) >= 11 is 3.35. The van der Waals surface area contributed by atoms with Crippen molar-refractivity contribution in [1.82, 2.24) is 24.6 Å². The lowest BCUT2D eigenvalue weighted by Gasteiger charge is -2.25. The fourth-order valence-corrected chi connectivity index (χ4v) is 6.11. The third-order valence-corrected chi connectivity index (χ3v) is 8.80. The van der Waals surface area contributed by atoms with Gasteiger partial charge in [-0.25, -0.2) is 9.55 Å². The number of nitrogens with one attached hydrogen (secondary N) is 2. The average molecular weight is 681 g/mol. The molecule has 3 aromatic rings. The van der Waals surface area contributed by atoms with Crippen molar-refractivity contribution in [2.45, 2.75) is 59.1 Å². The van der Waals surface area contributed by atoms with Crippen molar-refractivity contribution in [2.75, 3.05) is 18.9 Å². The van der Waals surface area contributed by atoms with Crippen LogP contribution in [0.3, 0.4) is 0 Å². The number of imidazole rings is 1. The van der Waals surface area contributed by atoms with Crippen LogP contribution in [0.2, 0.25) is 0 Å². The minimum atomic E-state index is -4.21. The van der Waals surface area contributed by atoms with Crippen LogP contribution >= 0.6 is 23.7 Å². The van der Waals surface area contributed by atoms with Crippen LogP contribution in [0.25, 0.3) is 17.4 Å². The van der Waals surface area contributed by atoms with Gasteiger partial charge < -0.3 is 19.7 Å². The van der Waals surface area contributed by atoms with E-state index in [1.807, 2.05) is 6.92 Å². The summed E-state index contributed by atoms with van der Waals surface area (Å²) in [7, 11) is -4.21. The summed E-state index contributed by atoms with van der Waals surface area (Å²) < 4.78 is 38.9. The molecule has 1 fully saturated rings. The molecule has 2 aromatic heterocycles. The van der Waals surface area contributed by atoms with Crippen molar-refractivity contribution in [1.29, 1.82) is 0 Å². The van der Waals surface area contributed by atoms with E-state index in [1.165, 1.54) is 24.7 Å². The first-order valence-corrected chi connectivity index (χ1v) is 15.9. The Labute approximate surface area is 256 Å². The molecule has 4 rings (SSSR count). The number of halogens is 1. The number of hydrogen-bond acceptors (Lipinski definition) is 11. The molecule has 2 unspecified atom stereocenters. The van der Waals surface area contributed by atoms with Crippen LogP contribution in [0.1, 0.15) is 47.0 Å². The zero-order valence-electron chi connectivity index (χ0n) is 24.2. The molecule has 16 heteroatoms. The number of aromatic amines is 1. The van der Waals surface area contributed by atoms with Gasteiger partial charge in [0.05, 0.1) is 18.1 Å². The molecule has 1 aliphatic rings. The van der Waals surface area contributed by atoms with Crippen LogP contribution in [0.15, 0.2) is 45.4 Å². The fourth-order valence-electron chi connectivity index (χ4n) is 4.27. The van der Waals surface area contributed by atoms with Crippen molar-refractivity contribution >= 4 is 58.9 Å². The Morgan fingerprint density at radius 2 is 2.00 bits per heavy atom. The molecule has 1 saturated carbocycles. The number of H-pyrrole nitrogens is 1. The van der Waals surface area contributed by atoms with E-state index in [4.69, 9.17) is 24.3 Å². The molecule has 43 heavy (non-hydrogen) atoms. The van der Waals surface area contributed by atoms with Gasteiger partial charge in [-0.05, 0) is 56.5 Å². The second kappa shape index (κ2) is 13.4. The molecule has 1 aliphatic carbocycles. The summed E-state index contributed by atoms with van der Waals surface area (Å²) in [4.78, 5) is 47.3. The van der Waals surface area contributed by atoms with Crippen LogP contribution in [0, 0.1) is 5.41 Å². The van der Waals surface area contributed by atoms with Gasteiger partial charge in [0.1, 0.15) is 24.7 Å². The molecule has 4 N–H and O–H groups in total. The Hall–Kier alpha value is -3.52. The third kappa shape index (κ3) is 8.31. The van der Waals surface area contributed by atoms with E-state index in [0.29, 0.717) is 12.8 Å². The highest BCUT2D eigenvalue weighted by Gasteiger charge is 2.52. The summed E-state index contributed by atoms with van der Waals surface area (Å²) in [5.41, 5.74) is 5.41. The number of anilines is 1. The van der Waals surface area contributed by atoms with Gasteiger partial charge in [-0.1, -0.05) is 29.3 Å². The Balaban J connectivity index is 1.59. The molecule has 0 aliphatic heterocycles. The monoisotopic (exact) mass is 680 g/mol. The molecule has 0 radical (unpaired) electrons. The van der Waals surface area contributed by atoms with E-state index in [-0.39, 0.29) is 42.2 Å². The van der Waals surface area contributed by atoms with Gasteiger partial charge in [0.25, 0.3) is 5.56 Å². The number of hydrogen-bond donors (Lipinski definition) is 3. The topological polar surface area (TPSA) is 190 Å². The van der Waals surface area contributed by atoms with E-state index < -0.39 is 36.7 Å². The van der Waals surface area contributed by atoms with Crippen LogP contribution in [0.5, 0.6) is 5.75 Å². The molecular weight excluding hydrogens is 647 g/mol. The summed E-state index contributed by atoms with van der Waals surface area (Å²) in [5.74, 6) is -0.959. The van der Waals surface area contributed by atoms with Crippen molar-refractivity contribution in [3.63, 3.8) is 0 Å². The highest BCUT2D eigenvalue weighted by Crippen LogP contribution is 2.56. The van der Waals surface area contributed by atoms with Crippen LogP contribution in [-0.4, -0.2) is 56.8 Å². The number of rotatable bonds is 14. The Morgan fingerprint density at radius 1 is 1.28 bits per heavy atom. The van der Waals surface area contributed by atoms with Crippen molar-refractivity contribution in [3.8, 4) is 5.75 Å². The van der Waals surface area contributed by atoms with Gasteiger partial charge in [-0.3, -0.25) is 28.5 Å². The largest absolute Gasteiger partial charge is 0.465 e. The summed E-state index contributed by atoms with van der Waals surface area (Å²) in [6.45, 7) is 6.26.